The van der Waals surface area contributed by atoms with Gasteiger partial charge in [-0.15, -0.1) is 10.3 Å². The van der Waals surface area contributed by atoms with E-state index in [1.807, 2.05) is 49.4 Å². The lowest BCUT2D eigenvalue weighted by Gasteiger charge is -2.38. The van der Waals surface area contributed by atoms with Crippen molar-refractivity contribution in [3.05, 3.63) is 60.2 Å². The Morgan fingerprint density at radius 1 is 0.844 bits per heavy atom. The number of ether oxygens (including phenoxy) is 1. The van der Waals surface area contributed by atoms with Crippen LogP contribution in [0.5, 0.6) is 0 Å². The van der Waals surface area contributed by atoms with Crippen LogP contribution in [0.15, 0.2) is 54.6 Å². The highest BCUT2D eigenvalue weighted by Crippen LogP contribution is 2.48. The third kappa shape index (κ3) is 6.94. The first-order valence-corrected chi connectivity index (χ1v) is 13.7. The minimum absolute atomic E-state index is 0.114. The van der Waals surface area contributed by atoms with Crippen LogP contribution in [0.4, 0.5) is 0 Å². The summed E-state index contributed by atoms with van der Waals surface area (Å²) in [5.41, 5.74) is 3.13. The van der Waals surface area contributed by atoms with E-state index in [0.717, 1.165) is 33.9 Å². The predicted octanol–water partition coefficient (Wildman–Crippen LogP) is 6.08. The molecule has 0 spiro atoms. The molecule has 32 heavy (non-hydrogen) atoms. The van der Waals surface area contributed by atoms with Gasteiger partial charge in [-0.1, -0.05) is 82.3 Å². The molecule has 0 aliphatic heterocycles. The molecular weight excluding hydrogens is 420 g/mol. The maximum Gasteiger partial charge on any atom is 0.316 e. The Balaban J connectivity index is 2.12. The molecule has 0 saturated heterocycles. The molecule has 2 aromatic carbocycles. The average Bonchev–Trinajstić information content (AvgIpc) is 2.82. The highest BCUT2D eigenvalue weighted by atomic mass is 32.3. The van der Waals surface area contributed by atoms with Crippen molar-refractivity contribution in [1.29, 1.82) is 0 Å². The second-order valence-electron chi connectivity index (χ2n) is 8.03. The van der Waals surface area contributed by atoms with Crippen molar-refractivity contribution in [3.8, 4) is 11.1 Å². The summed E-state index contributed by atoms with van der Waals surface area (Å²) < 4.78 is 11.6. The summed E-state index contributed by atoms with van der Waals surface area (Å²) in [5, 5.41) is 0. The average molecular weight is 459 g/mol. The fourth-order valence-corrected chi connectivity index (χ4v) is 6.11. The normalized spacial score (nSPS) is 13.9. The minimum Gasteiger partial charge on any atom is -0.465 e. The zero-order chi connectivity index (χ0) is 23.6. The molecule has 176 valence electrons. The Morgan fingerprint density at radius 2 is 1.41 bits per heavy atom. The molecule has 2 atom stereocenters. The van der Waals surface area contributed by atoms with Crippen LogP contribution >= 0.6 is 10.3 Å². The summed E-state index contributed by atoms with van der Waals surface area (Å²) in [7, 11) is -1.16. The Kier molecular flexibility index (Phi) is 10.5. The largest absolute Gasteiger partial charge is 0.465 e. The van der Waals surface area contributed by atoms with Gasteiger partial charge >= 0.3 is 5.97 Å². The van der Waals surface area contributed by atoms with Gasteiger partial charge in [0.25, 0.3) is 0 Å². The second-order valence-corrected chi connectivity index (χ2v) is 11.9. The Bertz CT molecular complexity index is 835. The van der Waals surface area contributed by atoms with Crippen molar-refractivity contribution in [2.24, 2.45) is 11.8 Å². The van der Waals surface area contributed by atoms with Gasteiger partial charge in [0.05, 0.1) is 13.2 Å². The number of hydrogen-bond acceptors (Lipinski definition) is 4. The van der Waals surface area contributed by atoms with Gasteiger partial charge in [0.1, 0.15) is 5.92 Å². The second kappa shape index (κ2) is 12.8. The third-order valence-corrected chi connectivity index (χ3v) is 9.85. The predicted molar refractivity (Wildman–Crippen MR) is 135 cm³/mol. The van der Waals surface area contributed by atoms with E-state index in [4.69, 9.17) is 8.92 Å². The number of carbonyl (C=O) groups excluding carboxylic acids is 2. The fraction of sp³-hybridized carbons (Fsp3) is 0.481. The number of esters is 1. The van der Waals surface area contributed by atoms with Crippen molar-refractivity contribution in [3.63, 3.8) is 0 Å². The lowest BCUT2D eigenvalue weighted by Crippen LogP contribution is -2.35. The molecule has 0 aliphatic carbocycles. The van der Waals surface area contributed by atoms with Crippen LogP contribution in [0.25, 0.3) is 11.1 Å². The van der Waals surface area contributed by atoms with Gasteiger partial charge in [-0.2, -0.15) is 0 Å². The molecule has 5 heteroatoms. The quantitative estimate of drug-likeness (QED) is 0.270. The molecule has 0 bridgehead atoms. The van der Waals surface area contributed by atoms with Gasteiger partial charge in [-0.3, -0.25) is 9.59 Å². The van der Waals surface area contributed by atoms with E-state index in [1.165, 1.54) is 0 Å². The third-order valence-electron chi connectivity index (χ3n) is 6.06. The van der Waals surface area contributed by atoms with Crippen molar-refractivity contribution < 1.29 is 18.5 Å². The molecule has 0 saturated carbocycles. The molecule has 0 radical (unpaired) electrons. The molecule has 1 unspecified atom stereocenters. The van der Waals surface area contributed by atoms with Crippen molar-refractivity contribution in [1.82, 2.24) is 0 Å². The number of carbonyl (C=O) groups is 2. The van der Waals surface area contributed by atoms with Crippen LogP contribution in [-0.2, 0) is 24.9 Å². The summed E-state index contributed by atoms with van der Waals surface area (Å²) in [6.45, 7) is 10.8. The smallest absolute Gasteiger partial charge is 0.316 e. The van der Waals surface area contributed by atoms with Gasteiger partial charge < -0.3 is 8.92 Å². The molecule has 0 heterocycles. The molecule has 0 N–H and O–H groups in total. The van der Waals surface area contributed by atoms with Gasteiger partial charge in [-0.25, -0.2) is 0 Å². The van der Waals surface area contributed by atoms with E-state index in [1.54, 1.807) is 6.92 Å². The van der Waals surface area contributed by atoms with E-state index < -0.39 is 22.2 Å². The van der Waals surface area contributed by atoms with Crippen molar-refractivity contribution in [2.45, 2.75) is 41.0 Å². The first-order valence-electron chi connectivity index (χ1n) is 11.6. The summed E-state index contributed by atoms with van der Waals surface area (Å²) >= 11 is 0. The van der Waals surface area contributed by atoms with Gasteiger partial charge in [0.15, 0.2) is 5.78 Å². The fourth-order valence-electron chi connectivity index (χ4n) is 3.88. The number of rotatable bonds is 13. The van der Waals surface area contributed by atoms with Gasteiger partial charge in [-0.05, 0) is 40.9 Å². The van der Waals surface area contributed by atoms with Crippen LogP contribution in [0.3, 0.4) is 0 Å². The maximum atomic E-state index is 13.2. The Morgan fingerprint density at radius 3 is 1.94 bits per heavy atom. The van der Waals surface area contributed by atoms with Crippen LogP contribution < -0.4 is 0 Å². The summed E-state index contributed by atoms with van der Waals surface area (Å²) in [4.78, 5) is 25.9. The molecular formula is C27H38O4S. The van der Waals surface area contributed by atoms with Crippen LogP contribution in [0.2, 0.25) is 0 Å². The van der Waals surface area contributed by atoms with Gasteiger partial charge in [0, 0.05) is 12.3 Å². The molecule has 4 nitrogen and oxygen atoms in total. The van der Waals surface area contributed by atoms with E-state index in [2.05, 4.69) is 32.9 Å². The van der Waals surface area contributed by atoms with Crippen LogP contribution in [0.1, 0.15) is 40.2 Å². The Labute approximate surface area is 195 Å². The monoisotopic (exact) mass is 458 g/mol. The lowest BCUT2D eigenvalue weighted by molar-refractivity contribution is -0.154. The summed E-state index contributed by atoms with van der Waals surface area (Å²) in [5.74, 6) is 1.35. The maximum absolute atomic E-state index is 13.2. The number of Topliss-reactive ketones (excluding diaryl/α,β-unsaturated/α-hetero) is 1. The van der Waals surface area contributed by atoms with Crippen LogP contribution in [0, 0.1) is 11.8 Å². The first-order chi connectivity index (χ1) is 15.4. The molecule has 0 aromatic heterocycles. The lowest BCUT2D eigenvalue weighted by atomic mass is 9.87. The Hall–Kier alpha value is -2.11. The number of ketones is 1. The number of hydrogen-bond donors (Lipinski definition) is 0. The van der Waals surface area contributed by atoms with E-state index in [-0.39, 0.29) is 24.7 Å². The molecule has 0 aliphatic rings. The highest BCUT2D eigenvalue weighted by molar-refractivity contribution is 8.29. The van der Waals surface area contributed by atoms with Crippen molar-refractivity contribution in [2.75, 3.05) is 30.5 Å². The number of benzene rings is 2. The minimum atomic E-state index is -1.16. The molecule has 0 fully saturated rings. The van der Waals surface area contributed by atoms with Crippen molar-refractivity contribution >= 4 is 22.1 Å². The van der Waals surface area contributed by atoms with Gasteiger partial charge in [0.2, 0.25) is 0 Å². The summed E-state index contributed by atoms with van der Waals surface area (Å²) in [6.07, 6.45) is 0.205. The van der Waals surface area contributed by atoms with Crippen LogP contribution in [-0.4, -0.2) is 42.2 Å². The molecule has 0 amide bonds. The standard InChI is InChI=1S/C27H38O4S/c1-6-30-27(29)26(21(5)20-31-32(7-2,8-3)9-4)25(28)19-22-15-17-24(18-16-22)23-13-11-10-12-14-23/h10-18,21,26H,6-9,19-20H2,1-5H3/t21-,26?/m0/s1. The van der Waals surface area contributed by atoms with E-state index in [0.29, 0.717) is 6.61 Å². The van der Waals surface area contributed by atoms with E-state index in [9.17, 15) is 9.59 Å². The topological polar surface area (TPSA) is 52.6 Å². The first kappa shape index (κ1) is 26.1. The highest BCUT2D eigenvalue weighted by Gasteiger charge is 2.34. The zero-order valence-corrected chi connectivity index (χ0v) is 21.0. The zero-order valence-electron chi connectivity index (χ0n) is 20.1. The van der Waals surface area contributed by atoms with E-state index >= 15 is 0 Å². The molecule has 2 rings (SSSR count). The SMILES string of the molecule is CCOC(=O)C(C(=O)Cc1ccc(-c2ccccc2)cc1)[C@@H](C)COS(CC)(CC)CC. The molecule has 2 aromatic rings. The summed E-state index contributed by atoms with van der Waals surface area (Å²) in [6, 6.07) is 18.1.